The van der Waals surface area contributed by atoms with Gasteiger partial charge in [-0.25, -0.2) is 4.98 Å². The molecule has 2 aromatic carbocycles. The molecule has 0 aliphatic carbocycles. The normalized spacial score (nSPS) is 15.4. The van der Waals surface area contributed by atoms with Crippen LogP contribution in [-0.2, 0) is 16.3 Å². The lowest BCUT2D eigenvalue weighted by Gasteiger charge is -2.27. The van der Waals surface area contributed by atoms with Gasteiger partial charge in [0, 0.05) is 44.3 Å². The summed E-state index contributed by atoms with van der Waals surface area (Å²) in [6.07, 6.45) is 8.31. The third-order valence-corrected chi connectivity index (χ3v) is 8.86. The molecule has 5 aromatic rings. The van der Waals surface area contributed by atoms with E-state index in [0.29, 0.717) is 52.4 Å². The molecule has 1 unspecified atom stereocenters. The Kier molecular flexibility index (Phi) is 8.02. The summed E-state index contributed by atoms with van der Waals surface area (Å²) >= 11 is 6.54. The van der Waals surface area contributed by atoms with Crippen molar-refractivity contribution in [2.24, 2.45) is 7.05 Å². The number of halogens is 1. The first-order chi connectivity index (χ1) is 20.7. The van der Waals surface area contributed by atoms with Gasteiger partial charge >= 0.3 is 0 Å². The molecule has 222 valence electrons. The first kappa shape index (κ1) is 29.0. The number of rotatable bonds is 8. The molecule has 1 aliphatic rings. The first-order valence-electron chi connectivity index (χ1n) is 13.6. The number of aromatic nitrogens is 6. The van der Waals surface area contributed by atoms with Crippen molar-refractivity contribution in [1.29, 1.82) is 0 Å². The topological polar surface area (TPSA) is 141 Å². The number of ether oxygens (including phenoxy) is 2. The number of hydrogen-bond donors (Lipinski definition) is 3. The molecule has 1 aliphatic heterocycles. The minimum Gasteiger partial charge on any atom is -0.495 e. The van der Waals surface area contributed by atoms with E-state index in [1.54, 1.807) is 37.5 Å². The monoisotopic (exact) mass is 619 g/mol. The summed E-state index contributed by atoms with van der Waals surface area (Å²) in [7, 11) is 0.706. The number of fused-ring (bicyclic) bond motifs is 1. The van der Waals surface area contributed by atoms with Crippen LogP contribution in [0.2, 0.25) is 5.02 Å². The van der Waals surface area contributed by atoms with Crippen LogP contribution in [0.25, 0.3) is 22.2 Å². The van der Waals surface area contributed by atoms with Crippen LogP contribution in [0.5, 0.6) is 5.75 Å². The highest BCUT2D eigenvalue weighted by molar-refractivity contribution is 7.71. The summed E-state index contributed by atoms with van der Waals surface area (Å²) < 4.78 is 27.0. The van der Waals surface area contributed by atoms with E-state index in [9.17, 15) is 4.57 Å². The quantitative estimate of drug-likeness (QED) is 0.205. The van der Waals surface area contributed by atoms with Gasteiger partial charge in [0.15, 0.2) is 5.82 Å². The summed E-state index contributed by atoms with van der Waals surface area (Å²) in [5, 5.41) is 15.2. The Balaban J connectivity index is 1.38. The van der Waals surface area contributed by atoms with Gasteiger partial charge < -0.3 is 30.0 Å². The van der Waals surface area contributed by atoms with E-state index in [1.807, 2.05) is 43.7 Å². The summed E-state index contributed by atoms with van der Waals surface area (Å²) in [5.41, 5.74) is 5.31. The Bertz CT molecular complexity index is 1850. The fourth-order valence-corrected chi connectivity index (χ4v) is 6.67. The fraction of sp³-hybridized carbons (Fsp3) is 0.276. The Labute approximate surface area is 253 Å². The van der Waals surface area contributed by atoms with Gasteiger partial charge in [-0.05, 0) is 48.7 Å². The zero-order valence-electron chi connectivity index (χ0n) is 24.1. The predicted octanol–water partition coefficient (Wildman–Crippen LogP) is 4.88. The van der Waals surface area contributed by atoms with E-state index in [-0.39, 0.29) is 17.1 Å². The molecule has 3 N–H and O–H groups in total. The molecular weight excluding hydrogens is 589 g/mol. The number of aryl methyl sites for hydroxylation is 1. The van der Waals surface area contributed by atoms with Gasteiger partial charge in [0.1, 0.15) is 23.4 Å². The van der Waals surface area contributed by atoms with Gasteiger partial charge in [-0.2, -0.15) is 10.1 Å². The van der Waals surface area contributed by atoms with E-state index < -0.39 is 7.14 Å². The van der Waals surface area contributed by atoms with Crippen molar-refractivity contribution in [1.82, 2.24) is 35.0 Å². The van der Waals surface area contributed by atoms with E-state index >= 15 is 0 Å². The predicted molar refractivity (Wildman–Crippen MR) is 169 cm³/mol. The maximum atomic E-state index is 13.4. The van der Waals surface area contributed by atoms with Crippen LogP contribution in [-0.4, -0.2) is 69.9 Å². The average molecular weight is 620 g/mol. The molecule has 43 heavy (non-hydrogen) atoms. The molecule has 1 atom stereocenters. The lowest BCUT2D eigenvalue weighted by Crippen LogP contribution is -2.33. The van der Waals surface area contributed by atoms with Crippen LogP contribution >= 0.6 is 18.7 Å². The standard InChI is InChI=1S/C29H31ClN9O3P/c1-39-16-17(13-35-39)18-11-23(24(41-2)12-19(18)25-15-31-9-10-42-25)37-29-34-14-20(30)28(38-29)36-22-6-5-21-26(33-8-7-32-21)27(22)43(3,4)40/h5-8,11-14,16,25,31H,9-10,15H2,1-4H3,(H2,34,36,37,38). The second-order valence-electron chi connectivity index (χ2n) is 10.5. The number of benzene rings is 2. The van der Waals surface area contributed by atoms with Crippen LogP contribution < -0.4 is 26.0 Å². The van der Waals surface area contributed by atoms with Crippen molar-refractivity contribution < 1.29 is 14.0 Å². The molecule has 0 amide bonds. The molecular formula is C29H31ClN9O3P. The summed E-state index contributed by atoms with van der Waals surface area (Å²) in [4.78, 5) is 17.9. The fourth-order valence-electron chi connectivity index (χ4n) is 5.13. The zero-order chi connectivity index (χ0) is 30.1. The Morgan fingerprint density at radius 3 is 2.67 bits per heavy atom. The number of methoxy groups -OCH3 is 1. The minimum atomic E-state index is -2.79. The number of nitrogens with one attached hydrogen (secondary N) is 3. The van der Waals surface area contributed by atoms with Crippen LogP contribution in [0.1, 0.15) is 11.7 Å². The third-order valence-electron chi connectivity index (χ3n) is 7.06. The lowest BCUT2D eigenvalue weighted by molar-refractivity contribution is 0.0279. The largest absolute Gasteiger partial charge is 0.495 e. The van der Waals surface area contributed by atoms with E-state index in [2.05, 4.69) is 41.0 Å². The molecule has 4 heterocycles. The van der Waals surface area contributed by atoms with Crippen molar-refractivity contribution >= 4 is 58.2 Å². The van der Waals surface area contributed by atoms with Crippen LogP contribution in [0.4, 0.5) is 23.1 Å². The Morgan fingerprint density at radius 1 is 1.12 bits per heavy atom. The highest BCUT2D eigenvalue weighted by Crippen LogP contribution is 2.42. The molecule has 0 saturated carbocycles. The van der Waals surface area contributed by atoms with Crippen molar-refractivity contribution in [3.63, 3.8) is 0 Å². The third kappa shape index (κ3) is 6.05. The van der Waals surface area contributed by atoms with Crippen LogP contribution in [0, 0.1) is 0 Å². The number of hydrogen-bond acceptors (Lipinski definition) is 11. The van der Waals surface area contributed by atoms with Gasteiger partial charge in [-0.1, -0.05) is 11.6 Å². The Hall–Kier alpha value is -4.09. The first-order valence-corrected chi connectivity index (χ1v) is 16.6. The average Bonchev–Trinajstić information content (AvgIpc) is 3.44. The van der Waals surface area contributed by atoms with Crippen molar-refractivity contribution in [3.8, 4) is 16.9 Å². The molecule has 1 fully saturated rings. The molecule has 3 aromatic heterocycles. The van der Waals surface area contributed by atoms with Gasteiger partial charge in [0.25, 0.3) is 0 Å². The maximum absolute atomic E-state index is 13.4. The van der Waals surface area contributed by atoms with E-state index in [0.717, 1.165) is 23.2 Å². The molecule has 12 nitrogen and oxygen atoms in total. The van der Waals surface area contributed by atoms with Gasteiger partial charge in [-0.3, -0.25) is 14.6 Å². The van der Waals surface area contributed by atoms with Crippen molar-refractivity contribution in [2.75, 3.05) is 50.8 Å². The van der Waals surface area contributed by atoms with Gasteiger partial charge in [0.05, 0.1) is 54.4 Å². The SMILES string of the molecule is COc1cc(C2CNCCO2)c(-c2cnn(C)c2)cc1Nc1ncc(Cl)c(Nc2ccc3nccnc3c2P(C)(C)=O)n1. The second-order valence-corrected chi connectivity index (χ2v) is 14.0. The van der Waals surface area contributed by atoms with Gasteiger partial charge in [0.2, 0.25) is 5.95 Å². The van der Waals surface area contributed by atoms with Crippen molar-refractivity contribution in [2.45, 2.75) is 6.10 Å². The van der Waals surface area contributed by atoms with E-state index in [4.69, 9.17) is 21.1 Å². The second kappa shape index (κ2) is 11.9. The molecule has 6 rings (SSSR count). The van der Waals surface area contributed by atoms with Gasteiger partial charge in [-0.15, -0.1) is 0 Å². The molecule has 0 spiro atoms. The van der Waals surface area contributed by atoms with E-state index in [1.165, 1.54) is 6.20 Å². The molecule has 0 radical (unpaired) electrons. The molecule has 0 bridgehead atoms. The maximum Gasteiger partial charge on any atom is 0.229 e. The minimum absolute atomic E-state index is 0.150. The lowest BCUT2D eigenvalue weighted by atomic mass is 9.96. The number of anilines is 4. The zero-order valence-corrected chi connectivity index (χ0v) is 25.8. The molecule has 14 heteroatoms. The molecule has 1 saturated heterocycles. The highest BCUT2D eigenvalue weighted by Gasteiger charge is 2.25. The summed E-state index contributed by atoms with van der Waals surface area (Å²) in [6, 6.07) is 7.58. The Morgan fingerprint density at radius 2 is 1.95 bits per heavy atom. The highest BCUT2D eigenvalue weighted by atomic mass is 35.5. The number of morpholine rings is 1. The van der Waals surface area contributed by atoms with Crippen molar-refractivity contribution in [3.05, 3.63) is 65.8 Å². The number of nitrogens with zero attached hydrogens (tertiary/aromatic N) is 6. The smallest absolute Gasteiger partial charge is 0.229 e. The van der Waals surface area contributed by atoms with Crippen LogP contribution in [0.15, 0.2) is 55.2 Å². The summed E-state index contributed by atoms with van der Waals surface area (Å²) in [6.45, 7) is 5.50. The van der Waals surface area contributed by atoms with Crippen LogP contribution in [0.3, 0.4) is 0 Å². The summed E-state index contributed by atoms with van der Waals surface area (Å²) in [5.74, 6) is 1.21.